The molecule has 1 aromatic rings. The van der Waals surface area contributed by atoms with E-state index in [4.69, 9.17) is 5.73 Å². The van der Waals surface area contributed by atoms with Crippen molar-refractivity contribution in [3.63, 3.8) is 0 Å². The van der Waals surface area contributed by atoms with Gasteiger partial charge in [0.25, 0.3) is 0 Å². The monoisotopic (exact) mass is 239 g/mol. The molecule has 0 saturated carbocycles. The molecule has 0 amide bonds. The zero-order valence-electron chi connectivity index (χ0n) is 9.98. The van der Waals surface area contributed by atoms with Crippen molar-refractivity contribution < 1.29 is 0 Å². The molecule has 0 aromatic carbocycles. The van der Waals surface area contributed by atoms with Gasteiger partial charge in [0.1, 0.15) is 0 Å². The van der Waals surface area contributed by atoms with Gasteiger partial charge in [-0.05, 0) is 38.1 Å². The van der Waals surface area contributed by atoms with Crippen LogP contribution in [-0.2, 0) is 6.42 Å². The Labute approximate surface area is 102 Å². The molecule has 1 saturated heterocycles. The molecule has 1 aromatic heterocycles. The molecule has 16 heavy (non-hydrogen) atoms. The number of piperidine rings is 1. The van der Waals surface area contributed by atoms with Crippen molar-refractivity contribution in [2.75, 3.05) is 24.5 Å². The molecule has 0 radical (unpaired) electrons. The summed E-state index contributed by atoms with van der Waals surface area (Å²) in [7, 11) is 0. The van der Waals surface area contributed by atoms with E-state index >= 15 is 0 Å². The van der Waals surface area contributed by atoms with Crippen LogP contribution in [0.1, 0.15) is 31.9 Å². The Hall–Kier alpha value is -0.610. The van der Waals surface area contributed by atoms with Gasteiger partial charge >= 0.3 is 0 Å². The Kier molecular flexibility index (Phi) is 4.18. The van der Waals surface area contributed by atoms with Crippen LogP contribution < -0.4 is 10.6 Å². The van der Waals surface area contributed by atoms with Crippen LogP contribution in [0.2, 0.25) is 0 Å². The minimum atomic E-state index is 0.835. The number of aromatic nitrogens is 1. The molecule has 2 N–H and O–H groups in total. The highest BCUT2D eigenvalue weighted by Gasteiger charge is 2.20. The van der Waals surface area contributed by atoms with Gasteiger partial charge in [0.2, 0.25) is 0 Å². The van der Waals surface area contributed by atoms with Crippen LogP contribution in [0, 0.1) is 5.92 Å². The molecule has 1 aliphatic rings. The van der Waals surface area contributed by atoms with Crippen LogP contribution in [-0.4, -0.2) is 24.6 Å². The molecule has 0 bridgehead atoms. The topological polar surface area (TPSA) is 42.1 Å². The predicted molar refractivity (Wildman–Crippen MR) is 70.1 cm³/mol. The molecule has 0 aliphatic carbocycles. The standard InChI is InChI=1S/C12H21N3S/c1-2-11-9-16-12(14-11)15-7-4-10(3-6-13)5-8-15/h9-10H,2-8,13H2,1H3. The summed E-state index contributed by atoms with van der Waals surface area (Å²) in [5.74, 6) is 0.840. The minimum Gasteiger partial charge on any atom is -0.348 e. The Balaban J connectivity index is 1.88. The van der Waals surface area contributed by atoms with Gasteiger partial charge in [-0.25, -0.2) is 4.98 Å². The maximum absolute atomic E-state index is 5.60. The third-order valence-corrected chi connectivity index (χ3v) is 4.31. The zero-order valence-corrected chi connectivity index (χ0v) is 10.8. The average molecular weight is 239 g/mol. The van der Waals surface area contributed by atoms with Crippen molar-refractivity contribution >= 4 is 16.5 Å². The van der Waals surface area contributed by atoms with Crippen molar-refractivity contribution in [1.82, 2.24) is 4.98 Å². The van der Waals surface area contributed by atoms with Crippen molar-refractivity contribution in [2.45, 2.75) is 32.6 Å². The van der Waals surface area contributed by atoms with Crippen LogP contribution >= 0.6 is 11.3 Å². The minimum absolute atomic E-state index is 0.835. The van der Waals surface area contributed by atoms with Crippen molar-refractivity contribution in [2.24, 2.45) is 11.7 Å². The van der Waals surface area contributed by atoms with Gasteiger partial charge in [-0.3, -0.25) is 0 Å². The van der Waals surface area contributed by atoms with E-state index in [9.17, 15) is 0 Å². The first-order valence-electron chi connectivity index (χ1n) is 6.23. The van der Waals surface area contributed by atoms with Gasteiger partial charge in [0, 0.05) is 18.5 Å². The van der Waals surface area contributed by atoms with Gasteiger partial charge in [-0.2, -0.15) is 0 Å². The fourth-order valence-corrected chi connectivity index (χ4v) is 3.21. The predicted octanol–water partition coefficient (Wildman–Crippen LogP) is 2.27. The van der Waals surface area contributed by atoms with Crippen molar-refractivity contribution in [3.05, 3.63) is 11.1 Å². The van der Waals surface area contributed by atoms with E-state index in [0.29, 0.717) is 0 Å². The van der Waals surface area contributed by atoms with E-state index in [1.54, 1.807) is 11.3 Å². The molecular formula is C12H21N3S. The number of anilines is 1. The number of hydrogen-bond acceptors (Lipinski definition) is 4. The SMILES string of the molecule is CCc1csc(N2CCC(CCN)CC2)n1. The maximum atomic E-state index is 5.60. The van der Waals surface area contributed by atoms with Crippen LogP contribution in [0.5, 0.6) is 0 Å². The summed E-state index contributed by atoms with van der Waals surface area (Å²) in [5, 5.41) is 3.39. The lowest BCUT2D eigenvalue weighted by Gasteiger charge is -2.31. The fourth-order valence-electron chi connectivity index (χ4n) is 2.25. The van der Waals surface area contributed by atoms with E-state index < -0.39 is 0 Å². The molecule has 1 aliphatic heterocycles. The first kappa shape index (κ1) is 11.9. The van der Waals surface area contributed by atoms with Crippen molar-refractivity contribution in [1.29, 1.82) is 0 Å². The third-order valence-electron chi connectivity index (χ3n) is 3.36. The maximum Gasteiger partial charge on any atom is 0.185 e. The summed E-state index contributed by atoms with van der Waals surface area (Å²) in [6, 6.07) is 0. The highest BCUT2D eigenvalue weighted by atomic mass is 32.1. The molecule has 3 nitrogen and oxygen atoms in total. The normalized spacial score (nSPS) is 18.0. The van der Waals surface area contributed by atoms with Crippen LogP contribution in [0.4, 0.5) is 5.13 Å². The second-order valence-corrected chi connectivity index (χ2v) is 5.32. The first-order valence-corrected chi connectivity index (χ1v) is 7.11. The Bertz CT molecular complexity index is 316. The van der Waals surface area contributed by atoms with E-state index in [1.807, 2.05) is 0 Å². The highest BCUT2D eigenvalue weighted by molar-refractivity contribution is 7.13. The van der Waals surface area contributed by atoms with Gasteiger partial charge in [0.05, 0.1) is 5.69 Å². The van der Waals surface area contributed by atoms with Gasteiger partial charge < -0.3 is 10.6 Å². The van der Waals surface area contributed by atoms with Crippen LogP contribution in [0.15, 0.2) is 5.38 Å². The van der Waals surface area contributed by atoms with E-state index in [1.165, 1.54) is 30.1 Å². The molecule has 0 atom stereocenters. The molecule has 1 fully saturated rings. The van der Waals surface area contributed by atoms with Crippen molar-refractivity contribution in [3.8, 4) is 0 Å². The third kappa shape index (κ3) is 2.74. The Morgan fingerprint density at radius 3 is 2.81 bits per heavy atom. The quantitative estimate of drug-likeness (QED) is 0.876. The lowest BCUT2D eigenvalue weighted by atomic mass is 9.94. The first-order chi connectivity index (χ1) is 7.83. The van der Waals surface area contributed by atoms with Gasteiger partial charge in [0.15, 0.2) is 5.13 Å². The number of hydrogen-bond donors (Lipinski definition) is 1. The fraction of sp³-hybridized carbons (Fsp3) is 0.750. The van der Waals surface area contributed by atoms with Gasteiger partial charge in [-0.1, -0.05) is 6.92 Å². The second-order valence-electron chi connectivity index (χ2n) is 4.48. The van der Waals surface area contributed by atoms with E-state index in [0.717, 1.165) is 32.0 Å². The lowest BCUT2D eigenvalue weighted by Crippen LogP contribution is -2.34. The van der Waals surface area contributed by atoms with Crippen LogP contribution in [0.3, 0.4) is 0 Å². The number of nitrogens with zero attached hydrogens (tertiary/aromatic N) is 2. The van der Waals surface area contributed by atoms with Crippen LogP contribution in [0.25, 0.3) is 0 Å². The summed E-state index contributed by atoms with van der Waals surface area (Å²) in [5.41, 5.74) is 6.83. The molecule has 0 spiro atoms. The summed E-state index contributed by atoms with van der Waals surface area (Å²) in [6.07, 6.45) is 4.78. The summed E-state index contributed by atoms with van der Waals surface area (Å²) in [6.45, 7) is 5.30. The number of thiazole rings is 1. The molecule has 90 valence electrons. The summed E-state index contributed by atoms with van der Waals surface area (Å²) < 4.78 is 0. The molecule has 2 heterocycles. The molecular weight excluding hydrogens is 218 g/mol. The average Bonchev–Trinajstić information content (AvgIpc) is 2.79. The largest absolute Gasteiger partial charge is 0.348 e. The van der Waals surface area contributed by atoms with E-state index in [-0.39, 0.29) is 0 Å². The lowest BCUT2D eigenvalue weighted by molar-refractivity contribution is 0.386. The zero-order chi connectivity index (χ0) is 11.4. The molecule has 2 rings (SSSR count). The number of aryl methyl sites for hydroxylation is 1. The molecule has 0 unspecified atom stereocenters. The highest BCUT2D eigenvalue weighted by Crippen LogP contribution is 2.27. The van der Waals surface area contributed by atoms with Gasteiger partial charge in [-0.15, -0.1) is 11.3 Å². The summed E-state index contributed by atoms with van der Waals surface area (Å²) in [4.78, 5) is 7.07. The number of nitrogens with two attached hydrogens (primary N) is 1. The summed E-state index contributed by atoms with van der Waals surface area (Å²) >= 11 is 1.79. The number of rotatable bonds is 4. The molecule has 4 heteroatoms. The Morgan fingerprint density at radius 2 is 2.25 bits per heavy atom. The smallest absolute Gasteiger partial charge is 0.185 e. The second kappa shape index (κ2) is 5.64. The Morgan fingerprint density at radius 1 is 1.50 bits per heavy atom. The van der Waals surface area contributed by atoms with E-state index in [2.05, 4.69) is 22.2 Å².